The van der Waals surface area contributed by atoms with Crippen LogP contribution >= 0.6 is 0 Å². The second kappa shape index (κ2) is 7.58. The Kier molecular flexibility index (Phi) is 6.41. The van der Waals surface area contributed by atoms with E-state index in [2.05, 4.69) is 4.72 Å². The summed E-state index contributed by atoms with van der Waals surface area (Å²) in [5, 5.41) is 9.11. The largest absolute Gasteiger partial charge is 0.495 e. The van der Waals surface area contributed by atoms with Crippen LogP contribution in [0.2, 0.25) is 0 Å². The summed E-state index contributed by atoms with van der Waals surface area (Å²) in [6, 6.07) is 4.59. The fourth-order valence-corrected chi connectivity index (χ4v) is 2.87. The van der Waals surface area contributed by atoms with Gasteiger partial charge in [-0.1, -0.05) is 13.0 Å². The molecule has 0 bridgehead atoms. The maximum Gasteiger partial charge on any atom is 0.244 e. The molecule has 0 unspecified atom stereocenters. The zero-order chi connectivity index (χ0) is 15.2. The van der Waals surface area contributed by atoms with Gasteiger partial charge in [-0.25, -0.2) is 13.1 Å². The highest BCUT2D eigenvalue weighted by atomic mass is 32.2. The van der Waals surface area contributed by atoms with E-state index in [1.165, 1.54) is 19.2 Å². The highest BCUT2D eigenvalue weighted by Gasteiger charge is 2.19. The summed E-state index contributed by atoms with van der Waals surface area (Å²) in [5.41, 5.74) is 0.525. The Morgan fingerprint density at radius 2 is 2.10 bits per heavy atom. The molecule has 0 fully saturated rings. The molecule has 0 aromatic heterocycles. The lowest BCUT2D eigenvalue weighted by Crippen LogP contribution is -2.33. The van der Waals surface area contributed by atoms with Gasteiger partial charge in [-0.2, -0.15) is 0 Å². The van der Waals surface area contributed by atoms with Crippen molar-refractivity contribution in [2.75, 3.05) is 33.8 Å². The fourth-order valence-electron chi connectivity index (χ4n) is 1.64. The minimum absolute atomic E-state index is 0.0469. The molecular weight excluding hydrogens is 280 g/mol. The highest BCUT2D eigenvalue weighted by Crippen LogP contribution is 2.24. The van der Waals surface area contributed by atoms with Gasteiger partial charge in [0.25, 0.3) is 0 Å². The van der Waals surface area contributed by atoms with E-state index >= 15 is 0 Å². The van der Waals surface area contributed by atoms with Crippen LogP contribution in [0.15, 0.2) is 23.1 Å². The van der Waals surface area contributed by atoms with Gasteiger partial charge in [0, 0.05) is 13.1 Å². The van der Waals surface area contributed by atoms with Gasteiger partial charge in [-0.15, -0.1) is 0 Å². The van der Waals surface area contributed by atoms with Crippen molar-refractivity contribution in [3.8, 4) is 5.75 Å². The average Bonchev–Trinajstić information content (AvgIpc) is 2.46. The lowest BCUT2D eigenvalue weighted by Gasteiger charge is -2.15. The minimum Gasteiger partial charge on any atom is -0.495 e. The molecule has 0 heterocycles. The summed E-state index contributed by atoms with van der Waals surface area (Å²) in [6.45, 7) is 3.58. The van der Waals surface area contributed by atoms with Crippen LogP contribution in [0.5, 0.6) is 5.75 Å². The lowest BCUT2D eigenvalue weighted by atomic mass is 10.2. The second-order valence-corrected chi connectivity index (χ2v) is 6.17. The molecule has 20 heavy (non-hydrogen) atoms. The van der Waals surface area contributed by atoms with Crippen LogP contribution in [0, 0.1) is 0 Å². The average molecular weight is 302 g/mol. The Balaban J connectivity index is 2.90. The van der Waals surface area contributed by atoms with E-state index in [9.17, 15) is 8.42 Å². The molecule has 0 aliphatic carbocycles. The molecule has 0 saturated heterocycles. The topological polar surface area (TPSA) is 78.9 Å². The first-order valence-corrected chi connectivity index (χ1v) is 7.89. The van der Waals surface area contributed by atoms with E-state index < -0.39 is 10.0 Å². The summed E-state index contributed by atoms with van der Waals surface area (Å²) in [4.78, 5) is 2.05. The SMILES string of the molecule is CCN(C)CCNS(=O)(=O)c1cc(CO)ccc1OC. The monoisotopic (exact) mass is 302 g/mol. The van der Waals surface area contributed by atoms with E-state index in [4.69, 9.17) is 9.84 Å². The molecule has 0 aliphatic rings. The molecule has 1 aromatic carbocycles. The van der Waals surface area contributed by atoms with Gasteiger partial charge in [-0.05, 0) is 31.3 Å². The molecular formula is C13H22N2O4S. The number of hydrogen-bond donors (Lipinski definition) is 2. The number of likely N-dealkylation sites (N-methyl/N-ethyl adjacent to an activating group) is 1. The van der Waals surface area contributed by atoms with Crippen molar-refractivity contribution in [2.24, 2.45) is 0 Å². The molecule has 0 atom stereocenters. The minimum atomic E-state index is -3.65. The second-order valence-electron chi connectivity index (χ2n) is 4.44. The molecule has 7 heteroatoms. The van der Waals surface area contributed by atoms with Gasteiger partial charge in [0.1, 0.15) is 10.6 Å². The van der Waals surface area contributed by atoms with Gasteiger partial charge in [0.15, 0.2) is 0 Å². The van der Waals surface area contributed by atoms with Gasteiger partial charge in [0.2, 0.25) is 10.0 Å². The van der Waals surface area contributed by atoms with Crippen molar-refractivity contribution >= 4 is 10.0 Å². The fraction of sp³-hybridized carbons (Fsp3) is 0.538. The Labute approximate surface area is 120 Å². The lowest BCUT2D eigenvalue weighted by molar-refractivity contribution is 0.281. The van der Waals surface area contributed by atoms with Gasteiger partial charge >= 0.3 is 0 Å². The van der Waals surface area contributed by atoms with Gasteiger partial charge in [-0.3, -0.25) is 0 Å². The van der Waals surface area contributed by atoms with Crippen LogP contribution in [-0.2, 0) is 16.6 Å². The number of methoxy groups -OCH3 is 1. The summed E-state index contributed by atoms with van der Waals surface area (Å²) < 4.78 is 32.1. The number of benzene rings is 1. The highest BCUT2D eigenvalue weighted by molar-refractivity contribution is 7.89. The number of hydrogen-bond acceptors (Lipinski definition) is 5. The van der Waals surface area contributed by atoms with Crippen LogP contribution in [0.4, 0.5) is 0 Å². The number of aliphatic hydroxyl groups excluding tert-OH is 1. The summed E-state index contributed by atoms with van der Waals surface area (Å²) in [6.07, 6.45) is 0. The Bertz CT molecular complexity index is 531. The number of rotatable bonds is 8. The van der Waals surface area contributed by atoms with Crippen molar-refractivity contribution in [3.63, 3.8) is 0 Å². The Morgan fingerprint density at radius 1 is 1.40 bits per heavy atom. The molecule has 0 spiro atoms. The first-order valence-electron chi connectivity index (χ1n) is 6.40. The summed E-state index contributed by atoms with van der Waals surface area (Å²) in [5.74, 6) is 0.263. The Morgan fingerprint density at radius 3 is 2.65 bits per heavy atom. The summed E-state index contributed by atoms with van der Waals surface area (Å²) >= 11 is 0. The zero-order valence-electron chi connectivity index (χ0n) is 12.1. The Hall–Kier alpha value is -1.15. The first-order chi connectivity index (χ1) is 9.44. The van der Waals surface area contributed by atoms with Crippen LogP contribution in [0.1, 0.15) is 12.5 Å². The molecule has 114 valence electrons. The zero-order valence-corrected chi connectivity index (χ0v) is 12.9. The van der Waals surface area contributed by atoms with E-state index in [-0.39, 0.29) is 17.3 Å². The summed E-state index contributed by atoms with van der Waals surface area (Å²) in [7, 11) is -0.320. The van der Waals surface area contributed by atoms with Crippen LogP contribution in [0.25, 0.3) is 0 Å². The molecule has 0 saturated carbocycles. The molecule has 0 radical (unpaired) electrons. The molecule has 6 nitrogen and oxygen atoms in total. The number of nitrogens with one attached hydrogen (secondary N) is 1. The van der Waals surface area contributed by atoms with E-state index in [1.807, 2.05) is 18.9 Å². The maximum absolute atomic E-state index is 12.3. The predicted octanol–water partition coefficient (Wildman–Crippen LogP) is 0.418. The third kappa shape index (κ3) is 4.45. The third-order valence-electron chi connectivity index (χ3n) is 3.03. The van der Waals surface area contributed by atoms with Crippen molar-refractivity contribution < 1.29 is 18.3 Å². The predicted molar refractivity (Wildman–Crippen MR) is 77.3 cm³/mol. The maximum atomic E-state index is 12.3. The molecule has 1 rings (SSSR count). The van der Waals surface area contributed by atoms with Crippen LogP contribution in [0.3, 0.4) is 0 Å². The molecule has 0 aliphatic heterocycles. The quantitative estimate of drug-likeness (QED) is 0.727. The number of aliphatic hydroxyl groups is 1. The molecule has 1 aromatic rings. The van der Waals surface area contributed by atoms with Crippen molar-refractivity contribution in [1.29, 1.82) is 0 Å². The van der Waals surface area contributed by atoms with Gasteiger partial charge < -0.3 is 14.7 Å². The smallest absolute Gasteiger partial charge is 0.244 e. The molecule has 2 N–H and O–H groups in total. The third-order valence-corrected chi connectivity index (χ3v) is 4.51. The van der Waals surface area contributed by atoms with E-state index in [0.29, 0.717) is 18.7 Å². The number of nitrogens with zero attached hydrogens (tertiary/aromatic N) is 1. The van der Waals surface area contributed by atoms with Gasteiger partial charge in [0.05, 0.1) is 13.7 Å². The standard InChI is InChI=1S/C13H22N2O4S/c1-4-15(2)8-7-14-20(17,18)13-9-11(10-16)5-6-12(13)19-3/h5-6,9,14,16H,4,7-8,10H2,1-3H3. The normalized spacial score (nSPS) is 11.8. The van der Waals surface area contributed by atoms with E-state index in [1.54, 1.807) is 6.07 Å². The van der Waals surface area contributed by atoms with Crippen LogP contribution < -0.4 is 9.46 Å². The number of ether oxygens (including phenoxy) is 1. The van der Waals surface area contributed by atoms with E-state index in [0.717, 1.165) is 6.54 Å². The van der Waals surface area contributed by atoms with Crippen molar-refractivity contribution in [3.05, 3.63) is 23.8 Å². The number of sulfonamides is 1. The first kappa shape index (κ1) is 16.9. The van der Waals surface area contributed by atoms with Crippen molar-refractivity contribution in [1.82, 2.24) is 9.62 Å². The van der Waals surface area contributed by atoms with Crippen LogP contribution in [-0.4, -0.2) is 52.2 Å². The molecule has 0 amide bonds. The van der Waals surface area contributed by atoms with Crippen molar-refractivity contribution in [2.45, 2.75) is 18.4 Å².